The number of aromatic nitrogens is 3. The van der Waals surface area contributed by atoms with E-state index in [2.05, 4.69) is 10.2 Å². The van der Waals surface area contributed by atoms with Crippen LogP contribution < -0.4 is 16.2 Å². The second-order valence-electron chi connectivity index (χ2n) is 4.32. The van der Waals surface area contributed by atoms with Gasteiger partial charge in [0.1, 0.15) is 5.75 Å². The first-order valence-corrected chi connectivity index (χ1v) is 7.34. The number of nitrogens with two attached hydrogens (primary N) is 1. The molecule has 20 heavy (non-hydrogen) atoms. The van der Waals surface area contributed by atoms with Crippen molar-refractivity contribution in [1.82, 2.24) is 14.8 Å². The van der Waals surface area contributed by atoms with Gasteiger partial charge in [0, 0.05) is 23.5 Å². The first-order chi connectivity index (χ1) is 9.65. The number of nitrogens with zero attached hydrogens (tertiary/aromatic N) is 2. The van der Waals surface area contributed by atoms with E-state index >= 15 is 0 Å². The lowest BCUT2D eigenvalue weighted by molar-refractivity contribution is 0.411. The molecule has 0 aliphatic carbocycles. The third-order valence-electron chi connectivity index (χ3n) is 2.83. The zero-order chi connectivity index (χ0) is 14.5. The number of H-pyrrole nitrogens is 1. The zero-order valence-electron chi connectivity index (χ0n) is 11.5. The number of benzene rings is 1. The van der Waals surface area contributed by atoms with Crippen molar-refractivity contribution in [3.63, 3.8) is 0 Å². The average Bonchev–Trinajstić information content (AvgIpc) is 2.78. The molecule has 0 fully saturated rings. The largest absolute Gasteiger partial charge is 0.496 e. The molecule has 0 bridgehead atoms. The summed E-state index contributed by atoms with van der Waals surface area (Å²) in [5.41, 5.74) is 7.29. The van der Waals surface area contributed by atoms with Crippen molar-refractivity contribution in [3.05, 3.63) is 34.2 Å². The molecule has 0 unspecified atom stereocenters. The van der Waals surface area contributed by atoms with Crippen molar-refractivity contribution < 1.29 is 4.74 Å². The van der Waals surface area contributed by atoms with Crippen LogP contribution in [0.3, 0.4) is 0 Å². The van der Waals surface area contributed by atoms with Crippen molar-refractivity contribution in [2.75, 3.05) is 12.8 Å². The van der Waals surface area contributed by atoms with Crippen LogP contribution in [-0.2, 0) is 12.3 Å². The molecule has 1 heterocycles. The second-order valence-corrected chi connectivity index (χ2v) is 5.27. The lowest BCUT2D eigenvalue weighted by Gasteiger charge is -2.09. The van der Waals surface area contributed by atoms with E-state index in [4.69, 9.17) is 10.5 Å². The van der Waals surface area contributed by atoms with Crippen LogP contribution >= 0.6 is 11.8 Å². The molecule has 108 valence electrons. The number of anilines is 1. The maximum atomic E-state index is 11.6. The van der Waals surface area contributed by atoms with Gasteiger partial charge in [-0.2, -0.15) is 0 Å². The number of nitrogen functional groups attached to an aromatic ring is 1. The zero-order valence-corrected chi connectivity index (χ0v) is 12.4. The van der Waals surface area contributed by atoms with Gasteiger partial charge in [0.2, 0.25) is 0 Å². The normalized spacial score (nSPS) is 10.7. The summed E-state index contributed by atoms with van der Waals surface area (Å²) in [5, 5.41) is 7.20. The van der Waals surface area contributed by atoms with Crippen LogP contribution in [0.1, 0.15) is 18.9 Å². The Morgan fingerprint density at radius 1 is 1.50 bits per heavy atom. The molecule has 6 nitrogen and oxygen atoms in total. The molecule has 2 aromatic rings. The van der Waals surface area contributed by atoms with Crippen LogP contribution in [0.15, 0.2) is 28.2 Å². The fourth-order valence-corrected chi connectivity index (χ4v) is 2.84. The van der Waals surface area contributed by atoms with Gasteiger partial charge in [0.15, 0.2) is 5.16 Å². The summed E-state index contributed by atoms with van der Waals surface area (Å²) in [6.07, 6.45) is 0.884. The monoisotopic (exact) mass is 294 g/mol. The van der Waals surface area contributed by atoms with E-state index in [1.165, 1.54) is 11.8 Å². The molecule has 7 heteroatoms. The van der Waals surface area contributed by atoms with E-state index in [1.807, 2.05) is 19.1 Å². The molecule has 0 atom stereocenters. The standard InChI is InChI=1S/C13H18N4O2S/c1-3-6-17-12(18)15-16-13(17)20-8-9-7-10(14)4-5-11(9)19-2/h4-5,7H,3,6,8,14H2,1-2H3,(H,15,18). The Morgan fingerprint density at radius 2 is 2.30 bits per heavy atom. The number of ether oxygens (including phenoxy) is 1. The molecule has 0 spiro atoms. The van der Waals surface area contributed by atoms with Gasteiger partial charge in [-0.3, -0.25) is 4.57 Å². The van der Waals surface area contributed by atoms with Crippen molar-refractivity contribution in [2.45, 2.75) is 30.8 Å². The lowest BCUT2D eigenvalue weighted by atomic mass is 10.2. The molecule has 1 aromatic heterocycles. The average molecular weight is 294 g/mol. The molecule has 2 rings (SSSR count). The van der Waals surface area contributed by atoms with E-state index in [0.717, 1.165) is 17.7 Å². The quantitative estimate of drug-likeness (QED) is 0.627. The first kappa shape index (κ1) is 14.5. The summed E-state index contributed by atoms with van der Waals surface area (Å²) < 4.78 is 6.95. The van der Waals surface area contributed by atoms with Crippen molar-refractivity contribution in [3.8, 4) is 5.75 Å². The molecule has 0 radical (unpaired) electrons. The fraction of sp³-hybridized carbons (Fsp3) is 0.385. The number of thioether (sulfide) groups is 1. The minimum atomic E-state index is -0.172. The van der Waals surface area contributed by atoms with Crippen molar-refractivity contribution in [2.24, 2.45) is 0 Å². The highest BCUT2D eigenvalue weighted by molar-refractivity contribution is 7.98. The Labute approximate surface area is 121 Å². The SMILES string of the molecule is CCCn1c(SCc2cc(N)ccc2OC)n[nH]c1=O. The van der Waals surface area contributed by atoms with Crippen LogP contribution in [0.5, 0.6) is 5.75 Å². The lowest BCUT2D eigenvalue weighted by Crippen LogP contribution is -2.17. The summed E-state index contributed by atoms with van der Waals surface area (Å²) in [6.45, 7) is 2.68. The minimum absolute atomic E-state index is 0.172. The van der Waals surface area contributed by atoms with Crippen molar-refractivity contribution in [1.29, 1.82) is 0 Å². The number of hydrogen-bond acceptors (Lipinski definition) is 5. The van der Waals surface area contributed by atoms with Gasteiger partial charge in [0.25, 0.3) is 0 Å². The third kappa shape index (κ3) is 3.16. The Morgan fingerprint density at radius 3 is 3.00 bits per heavy atom. The van der Waals surface area contributed by atoms with Crippen LogP contribution in [0.2, 0.25) is 0 Å². The van der Waals surface area contributed by atoms with E-state index in [-0.39, 0.29) is 5.69 Å². The number of aromatic amines is 1. The molecule has 0 aliphatic rings. The predicted octanol–water partition coefficient (Wildman–Crippen LogP) is 1.86. The Hall–Kier alpha value is -1.89. The number of methoxy groups -OCH3 is 1. The fourth-order valence-electron chi connectivity index (χ4n) is 1.89. The smallest absolute Gasteiger partial charge is 0.343 e. The van der Waals surface area contributed by atoms with E-state index < -0.39 is 0 Å². The Balaban J connectivity index is 2.16. The molecular formula is C13H18N4O2S. The number of hydrogen-bond donors (Lipinski definition) is 2. The third-order valence-corrected chi connectivity index (χ3v) is 3.86. The van der Waals surface area contributed by atoms with Gasteiger partial charge in [-0.25, -0.2) is 9.89 Å². The van der Waals surface area contributed by atoms with E-state index in [9.17, 15) is 4.79 Å². The van der Waals surface area contributed by atoms with E-state index in [0.29, 0.717) is 23.1 Å². The van der Waals surface area contributed by atoms with Gasteiger partial charge in [-0.1, -0.05) is 18.7 Å². The second kappa shape index (κ2) is 6.51. The molecule has 0 aliphatic heterocycles. The highest BCUT2D eigenvalue weighted by atomic mass is 32.2. The summed E-state index contributed by atoms with van der Waals surface area (Å²) in [5.74, 6) is 1.43. The molecule has 3 N–H and O–H groups in total. The number of nitrogens with one attached hydrogen (secondary N) is 1. The molecule has 1 aromatic carbocycles. The van der Waals surface area contributed by atoms with Crippen LogP contribution in [-0.4, -0.2) is 21.9 Å². The van der Waals surface area contributed by atoms with Gasteiger partial charge in [-0.05, 0) is 24.6 Å². The summed E-state index contributed by atoms with van der Waals surface area (Å²) in [6, 6.07) is 5.52. The van der Waals surface area contributed by atoms with Crippen molar-refractivity contribution >= 4 is 17.4 Å². The summed E-state index contributed by atoms with van der Waals surface area (Å²) >= 11 is 1.48. The molecule has 0 saturated carbocycles. The van der Waals surface area contributed by atoms with Crippen LogP contribution in [0.4, 0.5) is 5.69 Å². The topological polar surface area (TPSA) is 85.9 Å². The highest BCUT2D eigenvalue weighted by Gasteiger charge is 2.10. The number of rotatable bonds is 6. The molecular weight excluding hydrogens is 276 g/mol. The van der Waals surface area contributed by atoms with Gasteiger partial charge < -0.3 is 10.5 Å². The summed E-state index contributed by atoms with van der Waals surface area (Å²) in [4.78, 5) is 11.6. The minimum Gasteiger partial charge on any atom is -0.496 e. The first-order valence-electron chi connectivity index (χ1n) is 6.36. The molecule has 0 amide bonds. The highest BCUT2D eigenvalue weighted by Crippen LogP contribution is 2.28. The molecule has 0 saturated heterocycles. The van der Waals surface area contributed by atoms with E-state index in [1.54, 1.807) is 17.7 Å². The predicted molar refractivity (Wildman–Crippen MR) is 80.1 cm³/mol. The maximum Gasteiger partial charge on any atom is 0.343 e. The Bertz CT molecular complexity index is 636. The Kier molecular flexibility index (Phi) is 4.73. The van der Waals surface area contributed by atoms with Gasteiger partial charge in [-0.15, -0.1) is 5.10 Å². The van der Waals surface area contributed by atoms with Crippen LogP contribution in [0, 0.1) is 0 Å². The van der Waals surface area contributed by atoms with Gasteiger partial charge in [0.05, 0.1) is 7.11 Å². The van der Waals surface area contributed by atoms with Crippen LogP contribution in [0.25, 0.3) is 0 Å². The van der Waals surface area contributed by atoms with Gasteiger partial charge >= 0.3 is 5.69 Å². The maximum absolute atomic E-state index is 11.6. The summed E-state index contributed by atoms with van der Waals surface area (Å²) in [7, 11) is 1.63.